The molecule has 0 aliphatic carbocycles. The van der Waals surface area contributed by atoms with E-state index in [0.29, 0.717) is 0 Å². The predicted molar refractivity (Wildman–Crippen MR) is 110 cm³/mol. The Bertz CT molecular complexity index is 887. The molecule has 0 aliphatic rings. The second kappa shape index (κ2) is 7.12. The normalized spacial score (nSPS) is 15.2. The third-order valence-electron chi connectivity index (χ3n) is 5.05. The van der Waals surface area contributed by atoms with Crippen molar-refractivity contribution in [2.45, 2.75) is 77.9 Å². The summed E-state index contributed by atoms with van der Waals surface area (Å²) in [6.07, 6.45) is 4.54. The van der Waals surface area contributed by atoms with Crippen molar-refractivity contribution in [1.82, 2.24) is 19.9 Å². The van der Waals surface area contributed by atoms with Gasteiger partial charge < -0.3 is 14.7 Å². The van der Waals surface area contributed by atoms with Crippen LogP contribution in [0.1, 0.15) is 71.6 Å². The highest BCUT2D eigenvalue weighted by atomic mass is 16.5. The second-order valence-corrected chi connectivity index (χ2v) is 9.21. The first-order chi connectivity index (χ1) is 12.5. The maximum absolute atomic E-state index is 6.41. The van der Waals surface area contributed by atoms with Crippen LogP contribution in [0.3, 0.4) is 0 Å². The van der Waals surface area contributed by atoms with Crippen molar-refractivity contribution < 1.29 is 4.74 Å². The molecule has 0 saturated heterocycles. The molecule has 1 aromatic carbocycles. The highest BCUT2D eigenvalue weighted by molar-refractivity contribution is 5.76. The number of aromatic nitrogens is 4. The zero-order valence-electron chi connectivity index (χ0n) is 17.6. The largest absolute Gasteiger partial charge is 0.372 e. The lowest BCUT2D eigenvalue weighted by Crippen LogP contribution is -2.34. The minimum atomic E-state index is -0.277. The Labute approximate surface area is 162 Å². The Balaban J connectivity index is 1.72. The number of nitrogens with zero attached hydrogens (tertiary/aromatic N) is 2. The van der Waals surface area contributed by atoms with E-state index in [2.05, 4.69) is 81.6 Å². The number of nitrogens with one attached hydrogen (secondary N) is 2. The van der Waals surface area contributed by atoms with Gasteiger partial charge in [0, 0.05) is 30.1 Å². The van der Waals surface area contributed by atoms with E-state index < -0.39 is 0 Å². The molecule has 0 amide bonds. The Morgan fingerprint density at radius 3 is 2.48 bits per heavy atom. The number of hydrogen-bond donors (Lipinski definition) is 2. The molecule has 2 aromatic heterocycles. The van der Waals surface area contributed by atoms with E-state index >= 15 is 0 Å². The van der Waals surface area contributed by atoms with Gasteiger partial charge in [0.05, 0.1) is 22.7 Å². The van der Waals surface area contributed by atoms with Gasteiger partial charge in [-0.2, -0.15) is 0 Å². The third-order valence-corrected chi connectivity index (χ3v) is 5.05. The van der Waals surface area contributed by atoms with E-state index in [1.807, 2.05) is 6.20 Å². The van der Waals surface area contributed by atoms with Crippen LogP contribution < -0.4 is 0 Å². The van der Waals surface area contributed by atoms with Gasteiger partial charge >= 0.3 is 0 Å². The highest BCUT2D eigenvalue weighted by Crippen LogP contribution is 2.27. The molecule has 0 fully saturated rings. The fraction of sp³-hybridized carbons (Fsp3) is 0.545. The molecule has 2 heterocycles. The van der Waals surface area contributed by atoms with Crippen molar-refractivity contribution >= 4 is 11.0 Å². The molecule has 0 spiro atoms. The van der Waals surface area contributed by atoms with Crippen LogP contribution >= 0.6 is 0 Å². The van der Waals surface area contributed by atoms with E-state index in [1.54, 1.807) is 6.20 Å². The number of hydrogen-bond acceptors (Lipinski definition) is 3. The summed E-state index contributed by atoms with van der Waals surface area (Å²) >= 11 is 0. The van der Waals surface area contributed by atoms with Crippen LogP contribution in [-0.4, -0.2) is 31.6 Å². The van der Waals surface area contributed by atoms with Crippen LogP contribution in [0.5, 0.6) is 0 Å². The lowest BCUT2D eigenvalue weighted by molar-refractivity contribution is -0.0722. The van der Waals surface area contributed by atoms with Crippen molar-refractivity contribution in [3.05, 3.63) is 47.8 Å². The van der Waals surface area contributed by atoms with Crippen molar-refractivity contribution in [3.63, 3.8) is 0 Å². The van der Waals surface area contributed by atoms with Crippen molar-refractivity contribution in [1.29, 1.82) is 0 Å². The molecular weight excluding hydrogens is 336 g/mol. The molecule has 146 valence electrons. The number of benzene rings is 1. The Morgan fingerprint density at radius 1 is 1.11 bits per heavy atom. The topological polar surface area (TPSA) is 66.6 Å². The first-order valence-corrected chi connectivity index (χ1v) is 9.71. The summed E-state index contributed by atoms with van der Waals surface area (Å²) in [5.74, 6) is 2.20. The first-order valence-electron chi connectivity index (χ1n) is 9.71. The number of ether oxygens (including phenoxy) is 1. The summed E-state index contributed by atoms with van der Waals surface area (Å²) in [5, 5.41) is 0. The van der Waals surface area contributed by atoms with Gasteiger partial charge in [-0.1, -0.05) is 33.8 Å². The van der Waals surface area contributed by atoms with Gasteiger partial charge in [0.25, 0.3) is 0 Å². The van der Waals surface area contributed by atoms with Crippen molar-refractivity contribution in [2.75, 3.05) is 0 Å². The van der Waals surface area contributed by atoms with Gasteiger partial charge in [-0.05, 0) is 38.5 Å². The van der Waals surface area contributed by atoms with Crippen LogP contribution in [0, 0.1) is 0 Å². The molecular formula is C22H32N4O. The fourth-order valence-electron chi connectivity index (χ4n) is 3.41. The Hall–Kier alpha value is -2.14. The molecule has 3 rings (SSSR count). The van der Waals surface area contributed by atoms with Gasteiger partial charge in [0.15, 0.2) is 0 Å². The van der Waals surface area contributed by atoms with Crippen LogP contribution in [0.25, 0.3) is 11.0 Å². The van der Waals surface area contributed by atoms with Gasteiger partial charge in [-0.15, -0.1) is 0 Å². The number of H-pyrrole nitrogens is 2. The van der Waals surface area contributed by atoms with Gasteiger partial charge in [-0.3, -0.25) is 0 Å². The standard InChI is InChI=1S/C22H32N4O/c1-14(19-23-10-11-24-19)15(2)27-22(6,7)13-16-8-9-17-18(12-16)26-20(25-17)21(3,4)5/h8-12,14-15H,13H2,1-7H3,(H,23,24)(H,25,26)/t14?,15-/m1/s1. The number of imidazole rings is 2. The molecule has 3 aromatic rings. The van der Waals surface area contributed by atoms with Crippen molar-refractivity contribution in [2.24, 2.45) is 0 Å². The van der Waals surface area contributed by atoms with Crippen molar-refractivity contribution in [3.8, 4) is 0 Å². The second-order valence-electron chi connectivity index (χ2n) is 9.21. The number of aromatic amines is 2. The summed E-state index contributed by atoms with van der Waals surface area (Å²) < 4.78 is 6.41. The Morgan fingerprint density at radius 2 is 1.85 bits per heavy atom. The van der Waals surface area contributed by atoms with Gasteiger partial charge in [0.1, 0.15) is 11.6 Å². The molecule has 0 aliphatic heterocycles. The smallest absolute Gasteiger partial charge is 0.112 e. The van der Waals surface area contributed by atoms with E-state index in [-0.39, 0.29) is 23.0 Å². The fourth-order valence-corrected chi connectivity index (χ4v) is 3.41. The highest BCUT2D eigenvalue weighted by Gasteiger charge is 2.27. The summed E-state index contributed by atoms with van der Waals surface area (Å²) in [6, 6.07) is 6.45. The number of rotatable bonds is 6. The minimum absolute atomic E-state index is 0.0129. The molecule has 5 heteroatoms. The van der Waals surface area contributed by atoms with E-state index in [1.165, 1.54) is 5.56 Å². The van der Waals surface area contributed by atoms with Crippen LogP contribution in [0.15, 0.2) is 30.6 Å². The van der Waals surface area contributed by atoms with Crippen LogP contribution in [0.2, 0.25) is 0 Å². The lowest BCUT2D eigenvalue weighted by atomic mass is 9.96. The summed E-state index contributed by atoms with van der Waals surface area (Å²) in [7, 11) is 0. The summed E-state index contributed by atoms with van der Waals surface area (Å²) in [6.45, 7) is 15.1. The number of fused-ring (bicyclic) bond motifs is 1. The Kier molecular flexibility index (Phi) is 5.17. The monoisotopic (exact) mass is 368 g/mol. The summed E-state index contributed by atoms with van der Waals surface area (Å²) in [4.78, 5) is 15.7. The van der Waals surface area contributed by atoms with E-state index in [9.17, 15) is 0 Å². The zero-order chi connectivity index (χ0) is 19.8. The lowest BCUT2D eigenvalue weighted by Gasteiger charge is -2.31. The zero-order valence-corrected chi connectivity index (χ0v) is 17.6. The minimum Gasteiger partial charge on any atom is -0.372 e. The molecule has 5 nitrogen and oxygen atoms in total. The van der Waals surface area contributed by atoms with Crippen LogP contribution in [0.4, 0.5) is 0 Å². The molecule has 2 atom stereocenters. The quantitative estimate of drug-likeness (QED) is 0.635. The summed E-state index contributed by atoms with van der Waals surface area (Å²) in [5.41, 5.74) is 3.08. The maximum atomic E-state index is 6.41. The van der Waals surface area contributed by atoms with E-state index in [4.69, 9.17) is 9.72 Å². The molecule has 0 radical (unpaired) electrons. The average Bonchev–Trinajstić information content (AvgIpc) is 3.21. The van der Waals surface area contributed by atoms with Gasteiger partial charge in [-0.25, -0.2) is 9.97 Å². The molecule has 1 unspecified atom stereocenters. The maximum Gasteiger partial charge on any atom is 0.112 e. The SMILES string of the molecule is CC(c1ncc[nH]1)[C@@H](C)OC(C)(C)Cc1ccc2nc(C(C)(C)C)[nH]c2c1. The molecule has 2 N–H and O–H groups in total. The van der Waals surface area contributed by atoms with E-state index in [0.717, 1.165) is 29.1 Å². The molecule has 0 bridgehead atoms. The molecule has 27 heavy (non-hydrogen) atoms. The van der Waals surface area contributed by atoms with Gasteiger partial charge in [0.2, 0.25) is 0 Å². The average molecular weight is 369 g/mol. The van der Waals surface area contributed by atoms with Crippen LogP contribution in [-0.2, 0) is 16.6 Å². The first kappa shape index (κ1) is 19.6. The molecule has 0 saturated carbocycles. The third kappa shape index (κ3) is 4.59. The predicted octanol–water partition coefficient (Wildman–Crippen LogP) is 5.11.